The normalized spacial score (nSPS) is 10.1. The van der Waals surface area contributed by atoms with Crippen molar-refractivity contribution in [1.29, 1.82) is 5.26 Å². The summed E-state index contributed by atoms with van der Waals surface area (Å²) in [6.45, 7) is 1.93. The number of nitriles is 1. The van der Waals surface area contributed by atoms with Crippen molar-refractivity contribution in [3.05, 3.63) is 64.5 Å². The lowest BCUT2D eigenvalue weighted by atomic mass is 9.97. The predicted octanol–water partition coefficient (Wildman–Crippen LogP) is 3.18. The van der Waals surface area contributed by atoms with Crippen LogP contribution in [0.2, 0.25) is 0 Å². The zero-order valence-electron chi connectivity index (χ0n) is 10.1. The first-order chi connectivity index (χ1) is 8.60. The van der Waals surface area contributed by atoms with Crippen LogP contribution in [0.3, 0.4) is 0 Å². The van der Waals surface area contributed by atoms with E-state index in [2.05, 4.69) is 6.07 Å². The highest BCUT2D eigenvalue weighted by molar-refractivity contribution is 5.56. The minimum Gasteiger partial charge on any atom is -0.398 e. The fourth-order valence-corrected chi connectivity index (χ4v) is 1.87. The molecule has 0 saturated heterocycles. The SMILES string of the molecule is Cc1c(N)cc(C#N)cc1Cc1ccc(F)cc1. The molecule has 0 aliphatic rings. The van der Waals surface area contributed by atoms with E-state index in [9.17, 15) is 4.39 Å². The van der Waals surface area contributed by atoms with Gasteiger partial charge in [0.15, 0.2) is 0 Å². The van der Waals surface area contributed by atoms with Crippen molar-refractivity contribution in [1.82, 2.24) is 0 Å². The van der Waals surface area contributed by atoms with Crippen molar-refractivity contribution in [2.45, 2.75) is 13.3 Å². The van der Waals surface area contributed by atoms with E-state index in [1.807, 2.05) is 13.0 Å². The summed E-state index contributed by atoms with van der Waals surface area (Å²) >= 11 is 0. The zero-order chi connectivity index (χ0) is 13.1. The first-order valence-electron chi connectivity index (χ1n) is 5.63. The van der Waals surface area contributed by atoms with Gasteiger partial charge in [0.1, 0.15) is 5.82 Å². The molecule has 18 heavy (non-hydrogen) atoms. The Balaban J connectivity index is 2.37. The molecule has 0 fully saturated rings. The van der Waals surface area contributed by atoms with E-state index in [4.69, 9.17) is 11.0 Å². The molecule has 0 radical (unpaired) electrons. The van der Waals surface area contributed by atoms with Crippen molar-refractivity contribution >= 4 is 5.69 Å². The van der Waals surface area contributed by atoms with Gasteiger partial charge in [-0.1, -0.05) is 12.1 Å². The van der Waals surface area contributed by atoms with Crippen LogP contribution in [0.1, 0.15) is 22.3 Å². The molecule has 0 atom stereocenters. The van der Waals surface area contributed by atoms with Gasteiger partial charge in [0.05, 0.1) is 11.6 Å². The minimum absolute atomic E-state index is 0.249. The Kier molecular flexibility index (Phi) is 3.29. The van der Waals surface area contributed by atoms with Crippen molar-refractivity contribution in [2.24, 2.45) is 0 Å². The Morgan fingerprint density at radius 1 is 1.22 bits per heavy atom. The Labute approximate surface area is 105 Å². The maximum atomic E-state index is 12.8. The standard InChI is InChI=1S/C15H13FN2/c1-10-13(7-12(9-17)8-15(10)18)6-11-2-4-14(16)5-3-11/h2-5,7-8H,6,18H2,1H3. The van der Waals surface area contributed by atoms with Crippen LogP contribution < -0.4 is 5.73 Å². The average molecular weight is 240 g/mol. The molecular formula is C15H13FN2. The summed E-state index contributed by atoms with van der Waals surface area (Å²) in [5, 5.41) is 8.92. The number of anilines is 1. The van der Waals surface area contributed by atoms with E-state index < -0.39 is 0 Å². The fourth-order valence-electron chi connectivity index (χ4n) is 1.87. The van der Waals surface area contributed by atoms with Crippen LogP contribution in [0.4, 0.5) is 10.1 Å². The fraction of sp³-hybridized carbons (Fsp3) is 0.133. The maximum Gasteiger partial charge on any atom is 0.123 e. The van der Waals surface area contributed by atoms with Gasteiger partial charge in [0, 0.05) is 5.69 Å². The number of hydrogen-bond acceptors (Lipinski definition) is 2. The highest BCUT2D eigenvalue weighted by atomic mass is 19.1. The molecule has 0 saturated carbocycles. The number of nitrogens with two attached hydrogens (primary N) is 1. The maximum absolute atomic E-state index is 12.8. The van der Waals surface area contributed by atoms with Crippen LogP contribution in [0, 0.1) is 24.1 Å². The Morgan fingerprint density at radius 3 is 2.50 bits per heavy atom. The molecule has 0 aromatic heterocycles. The summed E-state index contributed by atoms with van der Waals surface area (Å²) in [5.74, 6) is -0.249. The summed E-state index contributed by atoms with van der Waals surface area (Å²) in [7, 11) is 0. The van der Waals surface area contributed by atoms with Gasteiger partial charge in [-0.2, -0.15) is 5.26 Å². The molecule has 2 rings (SSSR count). The summed E-state index contributed by atoms with van der Waals surface area (Å²) in [5.41, 5.74) is 10.00. The number of rotatable bonds is 2. The number of hydrogen-bond donors (Lipinski definition) is 1. The topological polar surface area (TPSA) is 49.8 Å². The van der Waals surface area contributed by atoms with Gasteiger partial charge >= 0.3 is 0 Å². The molecule has 0 aliphatic heterocycles. The highest BCUT2D eigenvalue weighted by Gasteiger charge is 2.06. The Morgan fingerprint density at radius 2 is 1.89 bits per heavy atom. The molecule has 0 bridgehead atoms. The van der Waals surface area contributed by atoms with Gasteiger partial charge in [0.25, 0.3) is 0 Å². The molecule has 3 heteroatoms. The molecular weight excluding hydrogens is 227 g/mol. The van der Waals surface area contributed by atoms with Gasteiger partial charge in [0.2, 0.25) is 0 Å². The predicted molar refractivity (Wildman–Crippen MR) is 69.5 cm³/mol. The largest absolute Gasteiger partial charge is 0.398 e. The molecule has 2 nitrogen and oxygen atoms in total. The summed E-state index contributed by atoms with van der Waals surface area (Å²) in [4.78, 5) is 0. The summed E-state index contributed by atoms with van der Waals surface area (Å²) < 4.78 is 12.8. The Hall–Kier alpha value is -2.34. The van der Waals surface area contributed by atoms with E-state index >= 15 is 0 Å². The van der Waals surface area contributed by atoms with Gasteiger partial charge < -0.3 is 5.73 Å². The second-order valence-electron chi connectivity index (χ2n) is 4.26. The van der Waals surface area contributed by atoms with Gasteiger partial charge in [-0.05, 0) is 54.3 Å². The minimum atomic E-state index is -0.249. The first kappa shape index (κ1) is 12.1. The second kappa shape index (κ2) is 4.89. The van der Waals surface area contributed by atoms with Gasteiger partial charge in [-0.25, -0.2) is 4.39 Å². The van der Waals surface area contributed by atoms with E-state index in [0.29, 0.717) is 17.7 Å². The lowest BCUT2D eigenvalue weighted by molar-refractivity contribution is 0.627. The molecule has 0 unspecified atom stereocenters. The van der Waals surface area contributed by atoms with Crippen LogP contribution >= 0.6 is 0 Å². The Bertz CT molecular complexity index is 610. The number of nitrogen functional groups attached to an aromatic ring is 1. The first-order valence-corrected chi connectivity index (χ1v) is 5.63. The molecule has 2 aromatic carbocycles. The number of nitrogens with zero attached hydrogens (tertiary/aromatic N) is 1. The van der Waals surface area contributed by atoms with E-state index in [0.717, 1.165) is 16.7 Å². The smallest absolute Gasteiger partial charge is 0.123 e. The molecule has 0 amide bonds. The average Bonchev–Trinajstić information content (AvgIpc) is 2.37. The summed E-state index contributed by atoms with van der Waals surface area (Å²) in [6.07, 6.45) is 0.645. The van der Waals surface area contributed by atoms with Crippen LogP contribution in [0.15, 0.2) is 36.4 Å². The van der Waals surface area contributed by atoms with Crippen LogP contribution in [-0.2, 0) is 6.42 Å². The van der Waals surface area contributed by atoms with Crippen molar-refractivity contribution in [3.8, 4) is 6.07 Å². The quantitative estimate of drug-likeness (QED) is 0.819. The molecule has 2 aromatic rings. The molecule has 90 valence electrons. The lowest BCUT2D eigenvalue weighted by Gasteiger charge is -2.09. The summed E-state index contributed by atoms with van der Waals surface area (Å²) in [6, 6.07) is 11.9. The van der Waals surface area contributed by atoms with Crippen molar-refractivity contribution in [2.75, 3.05) is 5.73 Å². The number of halogens is 1. The second-order valence-corrected chi connectivity index (χ2v) is 4.26. The number of benzene rings is 2. The lowest BCUT2D eigenvalue weighted by Crippen LogP contribution is -1.98. The monoisotopic (exact) mass is 240 g/mol. The molecule has 0 spiro atoms. The highest BCUT2D eigenvalue weighted by Crippen LogP contribution is 2.21. The third-order valence-corrected chi connectivity index (χ3v) is 2.99. The van der Waals surface area contributed by atoms with Gasteiger partial charge in [-0.3, -0.25) is 0 Å². The van der Waals surface area contributed by atoms with Crippen LogP contribution in [-0.4, -0.2) is 0 Å². The van der Waals surface area contributed by atoms with Crippen LogP contribution in [0.5, 0.6) is 0 Å². The van der Waals surface area contributed by atoms with Gasteiger partial charge in [-0.15, -0.1) is 0 Å². The van der Waals surface area contributed by atoms with E-state index in [1.54, 1.807) is 18.2 Å². The van der Waals surface area contributed by atoms with Crippen molar-refractivity contribution in [3.63, 3.8) is 0 Å². The molecule has 0 heterocycles. The van der Waals surface area contributed by atoms with Crippen LogP contribution in [0.25, 0.3) is 0 Å². The zero-order valence-corrected chi connectivity index (χ0v) is 10.1. The molecule has 0 aliphatic carbocycles. The third-order valence-electron chi connectivity index (χ3n) is 2.99. The molecule has 2 N–H and O–H groups in total. The van der Waals surface area contributed by atoms with E-state index in [1.165, 1.54) is 12.1 Å². The van der Waals surface area contributed by atoms with E-state index in [-0.39, 0.29) is 5.82 Å². The van der Waals surface area contributed by atoms with Crippen molar-refractivity contribution < 1.29 is 4.39 Å². The third kappa shape index (κ3) is 2.49.